The molecule has 300 valence electrons. The first-order valence-corrected chi connectivity index (χ1v) is 20.9. The molecule has 0 spiro atoms. The zero-order valence-corrected chi connectivity index (χ0v) is 35.5. The van der Waals surface area contributed by atoms with Crippen LogP contribution < -0.4 is 18.9 Å². The van der Waals surface area contributed by atoms with Crippen LogP contribution in [0.15, 0.2) is 143 Å². The van der Waals surface area contributed by atoms with Crippen molar-refractivity contribution in [2.45, 2.75) is 43.9 Å². The molecule has 2 aromatic heterocycles. The van der Waals surface area contributed by atoms with E-state index in [4.69, 9.17) is 8.83 Å². The van der Waals surface area contributed by atoms with E-state index < -0.39 is 0 Å². The van der Waals surface area contributed by atoms with E-state index in [1.54, 1.807) is 0 Å². The van der Waals surface area contributed by atoms with Crippen molar-refractivity contribution in [2.75, 3.05) is 51.1 Å². The van der Waals surface area contributed by atoms with Gasteiger partial charge in [-0.2, -0.15) is 9.13 Å². The fourth-order valence-corrected chi connectivity index (χ4v) is 8.67. The van der Waals surface area contributed by atoms with Gasteiger partial charge in [0.15, 0.2) is 11.4 Å². The van der Waals surface area contributed by atoms with Crippen molar-refractivity contribution in [2.24, 2.45) is 14.1 Å². The van der Waals surface area contributed by atoms with E-state index in [0.717, 1.165) is 79.2 Å². The van der Waals surface area contributed by atoms with Crippen molar-refractivity contribution in [1.82, 2.24) is 0 Å². The fourth-order valence-electron chi connectivity index (χ4n) is 8.67. The Kier molecular flexibility index (Phi) is 11.9. The highest BCUT2D eigenvalue weighted by atomic mass is 16.4. The van der Waals surface area contributed by atoms with E-state index in [0.29, 0.717) is 11.8 Å². The lowest BCUT2D eigenvalue weighted by Gasteiger charge is -2.30. The Labute approximate surface area is 348 Å². The topological polar surface area (TPSA) is 46.5 Å². The monoisotopic (exact) mass is 786 g/mol. The molecule has 2 aliphatic heterocycles. The summed E-state index contributed by atoms with van der Waals surface area (Å²) >= 11 is 0. The molecular formula is C51H58N6O2+4. The van der Waals surface area contributed by atoms with Gasteiger partial charge in [-0.15, -0.1) is 0 Å². The second-order valence-corrected chi connectivity index (χ2v) is 16.2. The first-order chi connectivity index (χ1) is 28.7. The molecule has 8 rings (SSSR count). The lowest BCUT2D eigenvalue weighted by atomic mass is 9.87. The molecule has 2 aliphatic rings. The third kappa shape index (κ3) is 8.63. The second kappa shape index (κ2) is 17.7. The predicted molar refractivity (Wildman–Crippen MR) is 242 cm³/mol. The summed E-state index contributed by atoms with van der Waals surface area (Å²) in [5, 5.41) is 0. The number of nitrogens with zero attached hydrogens (tertiary/aromatic N) is 6. The number of para-hydroxylation sites is 6. The number of hydrogen-bond donors (Lipinski definition) is 0. The van der Waals surface area contributed by atoms with E-state index in [1.807, 2.05) is 36.4 Å². The summed E-state index contributed by atoms with van der Waals surface area (Å²) in [4.78, 5) is 4.68. The van der Waals surface area contributed by atoms with Gasteiger partial charge in [0.2, 0.25) is 11.2 Å². The van der Waals surface area contributed by atoms with Gasteiger partial charge in [-0.25, -0.2) is 9.15 Å². The largest absolute Gasteiger partial charge is 0.398 e. The molecule has 0 radical (unpaired) electrons. The Hall–Kier alpha value is -6.28. The molecule has 6 aromatic rings. The van der Waals surface area contributed by atoms with Gasteiger partial charge in [0.05, 0.1) is 0 Å². The first kappa shape index (κ1) is 39.5. The second-order valence-electron chi connectivity index (χ2n) is 16.2. The number of fused-ring (bicyclic) bond motifs is 4. The van der Waals surface area contributed by atoms with Gasteiger partial charge < -0.3 is 18.6 Å². The van der Waals surface area contributed by atoms with Crippen LogP contribution in [0.5, 0.6) is 0 Å². The van der Waals surface area contributed by atoms with Gasteiger partial charge in [0, 0.05) is 98.7 Å². The van der Waals surface area contributed by atoms with Gasteiger partial charge in [-0.1, -0.05) is 85.0 Å². The van der Waals surface area contributed by atoms with Crippen molar-refractivity contribution < 1.29 is 27.1 Å². The molecule has 2 unspecified atom stereocenters. The fraction of sp³-hybridized carbons (Fsp3) is 0.294. The van der Waals surface area contributed by atoms with Crippen molar-refractivity contribution in [3.05, 3.63) is 157 Å². The maximum Gasteiger partial charge on any atom is 0.373 e. The Bertz CT molecular complexity index is 2460. The highest BCUT2D eigenvalue weighted by molar-refractivity contribution is 5.84. The average molecular weight is 787 g/mol. The average Bonchev–Trinajstić information content (AvgIpc) is 3.75. The normalized spacial score (nSPS) is 16.1. The van der Waals surface area contributed by atoms with Crippen LogP contribution in [0.2, 0.25) is 0 Å². The number of benzene rings is 4. The van der Waals surface area contributed by atoms with Crippen LogP contribution in [0.3, 0.4) is 0 Å². The quantitative estimate of drug-likeness (QED) is 0.0817. The number of aryl methyl sites for hydroxylation is 2. The minimum atomic E-state index is 0.331. The molecule has 2 atom stereocenters. The Morgan fingerprint density at radius 1 is 0.576 bits per heavy atom. The number of aromatic nitrogens is 2. The van der Waals surface area contributed by atoms with E-state index in [1.165, 1.54) is 33.9 Å². The van der Waals surface area contributed by atoms with Crippen LogP contribution in [0.4, 0.5) is 11.4 Å². The molecule has 8 heteroatoms. The molecule has 0 bridgehead atoms. The molecule has 0 N–H and O–H groups in total. The molecule has 0 saturated heterocycles. The minimum absolute atomic E-state index is 0.331. The summed E-state index contributed by atoms with van der Waals surface area (Å²) in [7, 11) is 12.9. The zero-order valence-electron chi connectivity index (χ0n) is 35.5. The van der Waals surface area contributed by atoms with Gasteiger partial charge in [0.25, 0.3) is 11.0 Å². The summed E-state index contributed by atoms with van der Waals surface area (Å²) in [6.07, 6.45) is 23.1. The summed E-state index contributed by atoms with van der Waals surface area (Å²) in [6.45, 7) is 1.53. The molecule has 0 aliphatic carbocycles. The van der Waals surface area contributed by atoms with Crippen LogP contribution in [-0.4, -0.2) is 61.9 Å². The van der Waals surface area contributed by atoms with Crippen LogP contribution >= 0.6 is 0 Å². The zero-order chi connectivity index (χ0) is 40.9. The third-order valence-electron chi connectivity index (χ3n) is 12.1. The van der Waals surface area contributed by atoms with Gasteiger partial charge >= 0.3 is 11.8 Å². The molecule has 4 heterocycles. The number of allylic oxidation sites excluding steroid dienone is 2. The molecule has 8 nitrogen and oxygen atoms in total. The van der Waals surface area contributed by atoms with E-state index in [2.05, 4.69) is 180 Å². The van der Waals surface area contributed by atoms with E-state index in [-0.39, 0.29) is 0 Å². The van der Waals surface area contributed by atoms with Crippen molar-refractivity contribution in [3.8, 4) is 0 Å². The first-order valence-electron chi connectivity index (χ1n) is 20.9. The third-order valence-corrected chi connectivity index (χ3v) is 12.1. The highest BCUT2D eigenvalue weighted by Crippen LogP contribution is 2.37. The lowest BCUT2D eigenvalue weighted by Crippen LogP contribution is -2.29. The smallest absolute Gasteiger partial charge is 0.373 e. The predicted octanol–water partition coefficient (Wildman–Crippen LogP) is 9.17. The molecule has 59 heavy (non-hydrogen) atoms. The standard InChI is InChI=1S/C51H58N6O2/c1-52(2)40(36-38-30-34-56(44-22-9-7-20-42(38)44)32-16-28-50-54(5)46-24-11-13-26-48(46)58-50)18-15-19-41(53(3)4)37-39-31-35-57(45-23-10-8-21-43(39)45)33-17-29-51-55(6)47-25-12-14-27-49(47)59-51/h7-14,16-17,20-31,34-35,38-39H,15,18-19,32-33,36-37H2,1-6H3/q+4. The Morgan fingerprint density at radius 2 is 0.983 bits per heavy atom. The number of rotatable bonds is 14. The summed E-state index contributed by atoms with van der Waals surface area (Å²) < 4.78 is 21.1. The lowest BCUT2D eigenvalue weighted by molar-refractivity contribution is -0.652. The SMILES string of the molecule is C[N+](C)=C(CCCC(CC1C=CN(CC=Cc2oc3ccccc3[n+]2C)c2ccccc21)=[N+](C)C)CC1C=CN(CC=Cc2oc3ccccc3[n+]2C)c2ccccc21. The molecule has 0 fully saturated rings. The van der Waals surface area contributed by atoms with Crippen molar-refractivity contribution >= 4 is 57.1 Å². The Balaban J connectivity index is 0.884. The molecule has 4 aromatic carbocycles. The maximum absolute atomic E-state index is 6.11. The van der Waals surface area contributed by atoms with E-state index in [9.17, 15) is 0 Å². The van der Waals surface area contributed by atoms with Crippen LogP contribution in [0.25, 0.3) is 34.4 Å². The van der Waals surface area contributed by atoms with Gasteiger partial charge in [-0.05, 0) is 41.8 Å². The number of oxazole rings is 2. The van der Waals surface area contributed by atoms with Crippen LogP contribution in [0.1, 0.15) is 66.8 Å². The Morgan fingerprint density at radius 3 is 1.41 bits per heavy atom. The van der Waals surface area contributed by atoms with Crippen LogP contribution in [0, 0.1) is 0 Å². The maximum atomic E-state index is 6.11. The summed E-state index contributed by atoms with van der Waals surface area (Å²) in [6, 6.07) is 34.1. The number of hydrogen-bond acceptors (Lipinski definition) is 4. The van der Waals surface area contributed by atoms with Gasteiger partial charge in [0.1, 0.15) is 42.3 Å². The molecule has 0 saturated carbocycles. The number of anilines is 2. The minimum Gasteiger partial charge on any atom is -0.398 e. The van der Waals surface area contributed by atoms with E-state index >= 15 is 0 Å². The van der Waals surface area contributed by atoms with Crippen molar-refractivity contribution in [3.63, 3.8) is 0 Å². The van der Waals surface area contributed by atoms with Crippen molar-refractivity contribution in [1.29, 1.82) is 0 Å². The van der Waals surface area contributed by atoms with Crippen LogP contribution in [-0.2, 0) is 14.1 Å². The van der Waals surface area contributed by atoms with Gasteiger partial charge in [-0.3, -0.25) is 0 Å². The summed E-state index contributed by atoms with van der Waals surface area (Å²) in [5.41, 5.74) is 12.3. The molecule has 0 amide bonds. The summed E-state index contributed by atoms with van der Waals surface area (Å²) in [5.74, 6) is 2.35. The highest BCUT2D eigenvalue weighted by Gasteiger charge is 2.27. The molecular weight excluding hydrogens is 729 g/mol.